The van der Waals surface area contributed by atoms with Crippen LogP contribution in [-0.2, 0) is 6.54 Å². The fourth-order valence-electron chi connectivity index (χ4n) is 2.26. The molecule has 2 heterocycles. The van der Waals surface area contributed by atoms with Gasteiger partial charge in [-0.3, -0.25) is 4.99 Å². The molecule has 1 N–H and O–H groups in total. The third-order valence-corrected chi connectivity index (χ3v) is 6.02. The number of aryl methyl sites for hydroxylation is 2. The first-order valence-corrected chi connectivity index (χ1v) is 9.00. The van der Waals surface area contributed by atoms with Crippen LogP contribution in [0.15, 0.2) is 4.99 Å². The van der Waals surface area contributed by atoms with Crippen molar-refractivity contribution in [1.82, 2.24) is 15.2 Å². The topological polar surface area (TPSA) is 40.5 Å². The molecule has 1 aromatic heterocycles. The van der Waals surface area contributed by atoms with Crippen LogP contribution in [0.25, 0.3) is 0 Å². The maximum Gasteiger partial charge on any atom is 0.194 e. The normalized spacial score (nSPS) is 19.3. The van der Waals surface area contributed by atoms with Crippen LogP contribution in [0.3, 0.4) is 0 Å². The summed E-state index contributed by atoms with van der Waals surface area (Å²) in [5, 5.41) is 5.32. The first kappa shape index (κ1) is 19.0. The van der Waals surface area contributed by atoms with E-state index in [0.29, 0.717) is 0 Å². The van der Waals surface area contributed by atoms with E-state index in [9.17, 15) is 0 Å². The monoisotopic (exact) mass is 440 g/mol. The van der Waals surface area contributed by atoms with Gasteiger partial charge in [-0.2, -0.15) is 11.8 Å². The van der Waals surface area contributed by atoms with Crippen molar-refractivity contribution < 1.29 is 0 Å². The zero-order valence-corrected chi connectivity index (χ0v) is 17.1. The van der Waals surface area contributed by atoms with Crippen LogP contribution < -0.4 is 5.32 Å². The molecule has 1 aromatic rings. The predicted octanol–water partition coefficient (Wildman–Crippen LogP) is 3.28. The van der Waals surface area contributed by atoms with Gasteiger partial charge in [0, 0.05) is 36.0 Å². The Bertz CT molecular complexity index is 456. The quantitative estimate of drug-likeness (QED) is 0.445. The van der Waals surface area contributed by atoms with E-state index in [1.807, 2.05) is 7.05 Å². The van der Waals surface area contributed by atoms with Crippen LogP contribution in [0.2, 0.25) is 0 Å². The van der Waals surface area contributed by atoms with E-state index in [0.717, 1.165) is 41.5 Å². The lowest BCUT2D eigenvalue weighted by molar-refractivity contribution is 0.408. The van der Waals surface area contributed by atoms with Crippen molar-refractivity contribution in [2.75, 3.05) is 25.9 Å². The minimum Gasteiger partial charge on any atom is -0.350 e. The summed E-state index contributed by atoms with van der Waals surface area (Å²) >= 11 is 3.85. The molecule has 7 heteroatoms. The highest BCUT2D eigenvalue weighted by Crippen LogP contribution is 2.21. The number of thiazole rings is 1. The third-order valence-electron chi connectivity index (χ3n) is 3.58. The second kappa shape index (κ2) is 9.19. The van der Waals surface area contributed by atoms with Crippen molar-refractivity contribution in [2.45, 2.75) is 39.0 Å². The standard InChI is InChI=1S/C14H24N4S2.HI/c1-5-12-9-18(6-7-19-12)14(15-4)16-8-13-17-10(2)11(3)20-13;/h12H,5-9H2,1-4H3,(H,15,16);1H. The number of aromatic nitrogens is 1. The number of hydrogen-bond donors (Lipinski definition) is 1. The van der Waals surface area contributed by atoms with Crippen LogP contribution in [0.4, 0.5) is 0 Å². The van der Waals surface area contributed by atoms with Gasteiger partial charge in [0.25, 0.3) is 0 Å². The molecule has 1 fully saturated rings. The zero-order chi connectivity index (χ0) is 14.5. The highest BCUT2D eigenvalue weighted by molar-refractivity contribution is 14.0. The van der Waals surface area contributed by atoms with Crippen molar-refractivity contribution in [1.29, 1.82) is 0 Å². The Morgan fingerprint density at radius 3 is 2.81 bits per heavy atom. The molecule has 4 nitrogen and oxygen atoms in total. The number of aliphatic imine (C=N–C) groups is 1. The molecule has 120 valence electrons. The summed E-state index contributed by atoms with van der Waals surface area (Å²) in [5.74, 6) is 2.20. The zero-order valence-electron chi connectivity index (χ0n) is 13.2. The van der Waals surface area contributed by atoms with Crippen LogP contribution in [0.1, 0.15) is 28.9 Å². The van der Waals surface area contributed by atoms with E-state index in [4.69, 9.17) is 0 Å². The first-order valence-electron chi connectivity index (χ1n) is 7.14. The summed E-state index contributed by atoms with van der Waals surface area (Å²) in [7, 11) is 1.86. The van der Waals surface area contributed by atoms with E-state index in [1.165, 1.54) is 17.1 Å². The second-order valence-electron chi connectivity index (χ2n) is 5.00. The second-order valence-corrected chi connectivity index (χ2v) is 7.69. The highest BCUT2D eigenvalue weighted by atomic mass is 127. The lowest BCUT2D eigenvalue weighted by atomic mass is 10.3. The van der Waals surface area contributed by atoms with Crippen molar-refractivity contribution in [3.05, 3.63) is 15.6 Å². The van der Waals surface area contributed by atoms with Gasteiger partial charge in [-0.25, -0.2) is 4.98 Å². The number of thioether (sulfide) groups is 1. The van der Waals surface area contributed by atoms with Gasteiger partial charge < -0.3 is 10.2 Å². The average molecular weight is 440 g/mol. The Hall–Kier alpha value is -0.0200. The predicted molar refractivity (Wildman–Crippen MR) is 105 cm³/mol. The molecule has 0 radical (unpaired) electrons. The van der Waals surface area contributed by atoms with Gasteiger partial charge in [0.1, 0.15) is 5.01 Å². The number of halogens is 1. The Morgan fingerprint density at radius 1 is 1.48 bits per heavy atom. The Kier molecular flexibility index (Phi) is 8.33. The minimum absolute atomic E-state index is 0. The maximum atomic E-state index is 4.57. The molecule has 0 spiro atoms. The fraction of sp³-hybridized carbons (Fsp3) is 0.714. The lowest BCUT2D eigenvalue weighted by Gasteiger charge is -2.34. The molecular formula is C14H25IN4S2. The summed E-state index contributed by atoms with van der Waals surface area (Å²) in [4.78, 5) is 12.7. The molecule has 1 unspecified atom stereocenters. The molecule has 21 heavy (non-hydrogen) atoms. The molecule has 1 aliphatic rings. The van der Waals surface area contributed by atoms with E-state index in [2.05, 4.69) is 52.7 Å². The number of guanidine groups is 1. The van der Waals surface area contributed by atoms with Gasteiger partial charge in [0.15, 0.2) is 5.96 Å². The molecule has 2 rings (SSSR count). The molecular weight excluding hydrogens is 415 g/mol. The number of rotatable bonds is 3. The minimum atomic E-state index is 0. The average Bonchev–Trinajstić information content (AvgIpc) is 2.78. The number of hydrogen-bond acceptors (Lipinski definition) is 4. The SMILES string of the molecule is CCC1CN(C(=NC)NCc2nc(C)c(C)s2)CCS1.I. The Balaban J connectivity index is 0.00000220. The lowest BCUT2D eigenvalue weighted by Crippen LogP contribution is -2.47. The van der Waals surface area contributed by atoms with E-state index >= 15 is 0 Å². The Labute approximate surface area is 153 Å². The summed E-state index contributed by atoms with van der Waals surface area (Å²) in [5.41, 5.74) is 1.14. The van der Waals surface area contributed by atoms with Crippen LogP contribution in [0.5, 0.6) is 0 Å². The molecule has 1 aliphatic heterocycles. The molecule has 0 aliphatic carbocycles. The van der Waals surface area contributed by atoms with E-state index < -0.39 is 0 Å². The molecule has 1 atom stereocenters. The molecule has 1 saturated heterocycles. The molecule has 0 amide bonds. The third kappa shape index (κ3) is 5.28. The Morgan fingerprint density at radius 2 is 2.24 bits per heavy atom. The number of nitrogens with one attached hydrogen (secondary N) is 1. The summed E-state index contributed by atoms with van der Waals surface area (Å²) in [6, 6.07) is 0. The largest absolute Gasteiger partial charge is 0.350 e. The maximum absolute atomic E-state index is 4.57. The van der Waals surface area contributed by atoms with Crippen LogP contribution in [0, 0.1) is 13.8 Å². The first-order chi connectivity index (χ1) is 9.63. The van der Waals surface area contributed by atoms with Gasteiger partial charge in [-0.05, 0) is 20.3 Å². The van der Waals surface area contributed by atoms with Crippen molar-refractivity contribution in [3.8, 4) is 0 Å². The molecule has 0 bridgehead atoms. The van der Waals surface area contributed by atoms with Crippen molar-refractivity contribution in [3.63, 3.8) is 0 Å². The summed E-state index contributed by atoms with van der Waals surface area (Å²) in [6.07, 6.45) is 1.23. The van der Waals surface area contributed by atoms with Crippen molar-refractivity contribution in [2.24, 2.45) is 4.99 Å². The summed E-state index contributed by atoms with van der Waals surface area (Å²) in [6.45, 7) is 9.40. The van der Waals surface area contributed by atoms with Gasteiger partial charge in [-0.15, -0.1) is 35.3 Å². The van der Waals surface area contributed by atoms with E-state index in [1.54, 1.807) is 11.3 Å². The molecule has 0 aromatic carbocycles. The van der Waals surface area contributed by atoms with Gasteiger partial charge in [0.2, 0.25) is 0 Å². The van der Waals surface area contributed by atoms with Crippen molar-refractivity contribution >= 4 is 53.0 Å². The van der Waals surface area contributed by atoms with Crippen LogP contribution in [-0.4, -0.2) is 47.0 Å². The van der Waals surface area contributed by atoms with E-state index in [-0.39, 0.29) is 24.0 Å². The van der Waals surface area contributed by atoms with Gasteiger partial charge in [0.05, 0.1) is 12.2 Å². The van der Waals surface area contributed by atoms with Gasteiger partial charge >= 0.3 is 0 Å². The van der Waals surface area contributed by atoms with Crippen LogP contribution >= 0.6 is 47.1 Å². The van der Waals surface area contributed by atoms with Gasteiger partial charge in [-0.1, -0.05) is 6.92 Å². The highest BCUT2D eigenvalue weighted by Gasteiger charge is 2.21. The molecule has 0 saturated carbocycles. The number of nitrogens with zero attached hydrogens (tertiary/aromatic N) is 3. The fourth-order valence-corrected chi connectivity index (χ4v) is 4.31. The smallest absolute Gasteiger partial charge is 0.194 e. The summed E-state index contributed by atoms with van der Waals surface area (Å²) < 4.78 is 0.